The van der Waals surface area contributed by atoms with E-state index in [-0.39, 0.29) is 5.78 Å². The van der Waals surface area contributed by atoms with Gasteiger partial charge in [0.1, 0.15) is 6.10 Å². The lowest BCUT2D eigenvalue weighted by Gasteiger charge is -2.13. The molecule has 21 heavy (non-hydrogen) atoms. The highest BCUT2D eigenvalue weighted by molar-refractivity contribution is 6.00. The summed E-state index contributed by atoms with van der Waals surface area (Å²) in [5.41, 5.74) is 4.26. The Bertz CT molecular complexity index is 662. The first-order valence-electron chi connectivity index (χ1n) is 7.02. The number of carbonyl (C=O) groups excluding carboxylic acids is 1. The molecule has 2 aromatic carbocycles. The van der Waals surface area contributed by atoms with Crippen LogP contribution in [0.25, 0.3) is 6.08 Å². The minimum absolute atomic E-state index is 0.274. The van der Waals surface area contributed by atoms with Crippen molar-refractivity contribution in [2.45, 2.75) is 26.9 Å². The molecule has 0 aliphatic rings. The van der Waals surface area contributed by atoms with E-state index in [0.717, 1.165) is 16.7 Å². The van der Waals surface area contributed by atoms with Crippen LogP contribution in [-0.4, -0.2) is 10.9 Å². The summed E-state index contributed by atoms with van der Waals surface area (Å²) in [6, 6.07) is 14.7. The van der Waals surface area contributed by atoms with Crippen LogP contribution in [0, 0.1) is 6.92 Å². The standard InChI is InChI=1S/C19H20O2/c1-13(2)12-16-6-4-5-7-17(16)19(21)18(20)15-10-8-14(3)9-11-15/h4-12,19,21H,1-3H3. The number of allylic oxidation sites excluding steroid dienone is 1. The van der Waals surface area contributed by atoms with Crippen molar-refractivity contribution in [2.24, 2.45) is 0 Å². The fourth-order valence-corrected chi connectivity index (χ4v) is 2.22. The molecule has 0 radical (unpaired) electrons. The molecule has 0 amide bonds. The number of aryl methyl sites for hydroxylation is 1. The molecule has 108 valence electrons. The third-order valence-electron chi connectivity index (χ3n) is 3.32. The van der Waals surface area contributed by atoms with E-state index < -0.39 is 6.10 Å². The SMILES string of the molecule is CC(C)=Cc1ccccc1C(O)C(=O)c1ccc(C)cc1. The van der Waals surface area contributed by atoms with Crippen LogP contribution in [0.2, 0.25) is 0 Å². The van der Waals surface area contributed by atoms with Crippen molar-refractivity contribution in [3.63, 3.8) is 0 Å². The summed E-state index contributed by atoms with van der Waals surface area (Å²) in [7, 11) is 0. The summed E-state index contributed by atoms with van der Waals surface area (Å²) < 4.78 is 0. The number of aliphatic hydroxyl groups excluding tert-OH is 1. The second-order valence-corrected chi connectivity index (χ2v) is 5.48. The van der Waals surface area contributed by atoms with E-state index >= 15 is 0 Å². The van der Waals surface area contributed by atoms with Gasteiger partial charge in [-0.05, 0) is 31.9 Å². The van der Waals surface area contributed by atoms with E-state index in [1.54, 1.807) is 18.2 Å². The molecule has 0 aliphatic heterocycles. The third kappa shape index (κ3) is 3.67. The van der Waals surface area contributed by atoms with Crippen LogP contribution in [0.3, 0.4) is 0 Å². The highest BCUT2D eigenvalue weighted by Gasteiger charge is 2.20. The molecular weight excluding hydrogens is 260 g/mol. The number of carbonyl (C=O) groups is 1. The first-order chi connectivity index (χ1) is 9.99. The molecule has 0 heterocycles. The Morgan fingerprint density at radius 2 is 1.67 bits per heavy atom. The lowest BCUT2D eigenvalue weighted by molar-refractivity contribution is 0.0747. The van der Waals surface area contributed by atoms with Crippen molar-refractivity contribution >= 4 is 11.9 Å². The predicted molar refractivity (Wildman–Crippen MR) is 86.2 cm³/mol. The van der Waals surface area contributed by atoms with Crippen LogP contribution >= 0.6 is 0 Å². The average molecular weight is 280 g/mol. The van der Waals surface area contributed by atoms with Gasteiger partial charge in [-0.3, -0.25) is 4.79 Å². The number of Topliss-reactive ketones (excluding diaryl/α,β-unsaturated/α-hetero) is 1. The van der Waals surface area contributed by atoms with Crippen molar-refractivity contribution in [1.82, 2.24) is 0 Å². The maximum atomic E-state index is 12.4. The summed E-state index contributed by atoms with van der Waals surface area (Å²) >= 11 is 0. The molecule has 0 saturated heterocycles. The molecule has 0 saturated carbocycles. The minimum atomic E-state index is -1.14. The van der Waals surface area contributed by atoms with Crippen molar-refractivity contribution in [3.05, 3.63) is 76.4 Å². The third-order valence-corrected chi connectivity index (χ3v) is 3.32. The Balaban J connectivity index is 2.36. The van der Waals surface area contributed by atoms with Crippen LogP contribution in [-0.2, 0) is 0 Å². The number of hydrogen-bond donors (Lipinski definition) is 1. The van der Waals surface area contributed by atoms with Crippen LogP contribution in [0.4, 0.5) is 0 Å². The summed E-state index contributed by atoms with van der Waals surface area (Å²) in [5, 5.41) is 10.4. The Morgan fingerprint density at radius 3 is 2.29 bits per heavy atom. The maximum Gasteiger partial charge on any atom is 0.195 e. The molecule has 1 N–H and O–H groups in total. The number of benzene rings is 2. The number of rotatable bonds is 4. The minimum Gasteiger partial charge on any atom is -0.380 e. The van der Waals surface area contributed by atoms with Gasteiger partial charge < -0.3 is 5.11 Å². The molecular formula is C19H20O2. The van der Waals surface area contributed by atoms with Gasteiger partial charge >= 0.3 is 0 Å². The molecule has 2 rings (SSSR count). The molecule has 1 atom stereocenters. The lowest BCUT2D eigenvalue weighted by atomic mass is 9.95. The number of ketones is 1. The van der Waals surface area contributed by atoms with E-state index in [0.29, 0.717) is 11.1 Å². The Morgan fingerprint density at radius 1 is 1.05 bits per heavy atom. The molecule has 0 aromatic heterocycles. The summed E-state index contributed by atoms with van der Waals surface area (Å²) in [4.78, 5) is 12.4. The molecule has 0 bridgehead atoms. The Labute approximate surface area is 125 Å². The van der Waals surface area contributed by atoms with Gasteiger partial charge in [0.2, 0.25) is 0 Å². The largest absolute Gasteiger partial charge is 0.380 e. The van der Waals surface area contributed by atoms with Crippen LogP contribution in [0.5, 0.6) is 0 Å². The predicted octanol–water partition coefficient (Wildman–Crippen LogP) is 4.33. The van der Waals surface area contributed by atoms with Crippen molar-refractivity contribution < 1.29 is 9.90 Å². The van der Waals surface area contributed by atoms with E-state index in [4.69, 9.17) is 0 Å². The monoisotopic (exact) mass is 280 g/mol. The van der Waals surface area contributed by atoms with Crippen molar-refractivity contribution in [1.29, 1.82) is 0 Å². The second-order valence-electron chi connectivity index (χ2n) is 5.48. The number of hydrogen-bond acceptors (Lipinski definition) is 2. The summed E-state index contributed by atoms with van der Waals surface area (Å²) in [6.45, 7) is 5.95. The van der Waals surface area contributed by atoms with Gasteiger partial charge in [-0.1, -0.05) is 65.7 Å². The lowest BCUT2D eigenvalue weighted by Crippen LogP contribution is -2.13. The topological polar surface area (TPSA) is 37.3 Å². The fraction of sp³-hybridized carbons (Fsp3) is 0.211. The quantitative estimate of drug-likeness (QED) is 0.846. The first-order valence-corrected chi connectivity index (χ1v) is 7.02. The molecule has 0 aliphatic carbocycles. The Hall–Kier alpha value is -2.19. The molecule has 2 nitrogen and oxygen atoms in total. The highest BCUT2D eigenvalue weighted by Crippen LogP contribution is 2.24. The Kier molecular flexibility index (Phi) is 4.71. The van der Waals surface area contributed by atoms with Gasteiger partial charge in [0.15, 0.2) is 5.78 Å². The number of aliphatic hydroxyl groups is 1. The summed E-state index contributed by atoms with van der Waals surface area (Å²) in [5.74, 6) is -0.274. The maximum absolute atomic E-state index is 12.4. The smallest absolute Gasteiger partial charge is 0.195 e. The summed E-state index contributed by atoms with van der Waals surface area (Å²) in [6.07, 6.45) is 0.834. The molecule has 2 aromatic rings. The van der Waals surface area contributed by atoms with Gasteiger partial charge in [0.05, 0.1) is 0 Å². The van der Waals surface area contributed by atoms with E-state index in [1.807, 2.05) is 57.2 Å². The zero-order chi connectivity index (χ0) is 15.4. The van der Waals surface area contributed by atoms with Gasteiger partial charge in [-0.15, -0.1) is 0 Å². The molecule has 0 spiro atoms. The van der Waals surface area contributed by atoms with Crippen LogP contribution in [0.1, 0.15) is 47.0 Å². The zero-order valence-electron chi connectivity index (χ0n) is 12.6. The van der Waals surface area contributed by atoms with E-state index in [2.05, 4.69) is 0 Å². The van der Waals surface area contributed by atoms with E-state index in [1.165, 1.54) is 0 Å². The average Bonchev–Trinajstić information content (AvgIpc) is 2.46. The molecule has 2 heteroatoms. The fourth-order valence-electron chi connectivity index (χ4n) is 2.22. The second kappa shape index (κ2) is 6.51. The van der Waals surface area contributed by atoms with Gasteiger partial charge in [0.25, 0.3) is 0 Å². The van der Waals surface area contributed by atoms with Gasteiger partial charge in [-0.2, -0.15) is 0 Å². The van der Waals surface area contributed by atoms with Crippen LogP contribution < -0.4 is 0 Å². The van der Waals surface area contributed by atoms with Crippen molar-refractivity contribution in [2.75, 3.05) is 0 Å². The zero-order valence-corrected chi connectivity index (χ0v) is 12.6. The first kappa shape index (κ1) is 15.2. The van der Waals surface area contributed by atoms with Crippen LogP contribution in [0.15, 0.2) is 54.1 Å². The van der Waals surface area contributed by atoms with E-state index in [9.17, 15) is 9.90 Å². The van der Waals surface area contributed by atoms with Gasteiger partial charge in [-0.25, -0.2) is 0 Å². The molecule has 1 unspecified atom stereocenters. The van der Waals surface area contributed by atoms with Crippen molar-refractivity contribution in [3.8, 4) is 0 Å². The molecule has 0 fully saturated rings. The highest BCUT2D eigenvalue weighted by atomic mass is 16.3. The van der Waals surface area contributed by atoms with Gasteiger partial charge in [0, 0.05) is 5.56 Å². The normalized spacial score (nSPS) is 11.8.